The highest BCUT2D eigenvalue weighted by Crippen LogP contribution is 2.22. The summed E-state index contributed by atoms with van der Waals surface area (Å²) in [6, 6.07) is 17.3. The van der Waals surface area contributed by atoms with Gasteiger partial charge in [-0.1, -0.05) is 12.1 Å². The molecule has 5 nitrogen and oxygen atoms in total. The molecule has 0 bridgehead atoms. The molecule has 2 heterocycles. The number of aromatic hydroxyl groups is 1. The number of phenolic OH excluding ortho intramolecular Hbond substituents is 1. The molecule has 1 saturated heterocycles. The number of rotatable bonds is 8. The summed E-state index contributed by atoms with van der Waals surface area (Å²) in [6.07, 6.45) is 2.06. The number of nitrogens with zero attached hydrogens (tertiary/aromatic N) is 2. The number of carbonyl (C=O) groups excluding carboxylic acids is 1. The fraction of sp³-hybridized carbons (Fsp3) is 0.320. The maximum Gasteiger partial charge on any atom is 0.251 e. The highest BCUT2D eigenvalue weighted by Gasteiger charge is 2.16. The number of hydrogen-bond donors (Lipinski definition) is 2. The summed E-state index contributed by atoms with van der Waals surface area (Å²) >= 11 is 1.68. The van der Waals surface area contributed by atoms with Crippen molar-refractivity contribution in [1.82, 2.24) is 10.2 Å². The van der Waals surface area contributed by atoms with Gasteiger partial charge in [-0.3, -0.25) is 9.69 Å². The minimum atomic E-state index is -0.000573. The van der Waals surface area contributed by atoms with Crippen LogP contribution in [0.3, 0.4) is 0 Å². The highest BCUT2D eigenvalue weighted by atomic mass is 32.1. The molecule has 2 aromatic carbocycles. The molecule has 0 radical (unpaired) electrons. The molecule has 1 aromatic heterocycles. The van der Waals surface area contributed by atoms with Crippen LogP contribution in [0, 0.1) is 0 Å². The monoisotopic (exact) mass is 435 g/mol. The van der Waals surface area contributed by atoms with Crippen molar-refractivity contribution in [2.24, 2.45) is 0 Å². The van der Waals surface area contributed by atoms with E-state index >= 15 is 0 Å². The topological polar surface area (TPSA) is 55.8 Å². The van der Waals surface area contributed by atoms with Crippen LogP contribution in [0.4, 0.5) is 5.69 Å². The molecule has 0 unspecified atom stereocenters. The Morgan fingerprint density at radius 3 is 2.32 bits per heavy atom. The highest BCUT2D eigenvalue weighted by molar-refractivity contribution is 7.08. The fourth-order valence-corrected chi connectivity index (χ4v) is 4.57. The van der Waals surface area contributed by atoms with Crippen LogP contribution in [0.25, 0.3) is 11.1 Å². The van der Waals surface area contributed by atoms with Gasteiger partial charge in [-0.15, -0.1) is 0 Å². The minimum Gasteiger partial charge on any atom is -0.508 e. The lowest BCUT2D eigenvalue weighted by Gasteiger charge is -2.36. The molecular formula is C25H29N3O2S. The van der Waals surface area contributed by atoms with E-state index in [1.165, 1.54) is 11.3 Å². The SMILES string of the molecule is O=C(NCCCCN1CCN(c2ccc(O)cc2)CC1)c1ccc(-c2ccsc2)cc1. The second-order valence-corrected chi connectivity index (χ2v) is 8.68. The summed E-state index contributed by atoms with van der Waals surface area (Å²) in [7, 11) is 0. The maximum absolute atomic E-state index is 12.4. The Hall–Kier alpha value is -2.83. The van der Waals surface area contributed by atoms with Crippen molar-refractivity contribution >= 4 is 22.9 Å². The quantitative estimate of drug-likeness (QED) is 0.513. The normalized spacial score (nSPS) is 14.5. The fourth-order valence-electron chi connectivity index (χ4n) is 3.90. The van der Waals surface area contributed by atoms with Gasteiger partial charge in [0.1, 0.15) is 5.75 Å². The van der Waals surface area contributed by atoms with Gasteiger partial charge in [0.05, 0.1) is 0 Å². The summed E-state index contributed by atoms with van der Waals surface area (Å²) in [5.74, 6) is 0.309. The van der Waals surface area contributed by atoms with Crippen molar-refractivity contribution in [3.8, 4) is 16.9 Å². The van der Waals surface area contributed by atoms with Gasteiger partial charge in [-0.05, 0) is 83.7 Å². The summed E-state index contributed by atoms with van der Waals surface area (Å²) in [5.41, 5.74) is 4.22. The van der Waals surface area contributed by atoms with Gasteiger partial charge < -0.3 is 15.3 Å². The first-order valence-electron chi connectivity index (χ1n) is 10.9. The number of benzene rings is 2. The number of nitrogens with one attached hydrogen (secondary N) is 1. The van der Waals surface area contributed by atoms with E-state index in [9.17, 15) is 9.90 Å². The van der Waals surface area contributed by atoms with Gasteiger partial charge in [0.2, 0.25) is 0 Å². The molecule has 0 atom stereocenters. The number of unbranched alkanes of at least 4 members (excludes halogenated alkanes) is 1. The third kappa shape index (κ3) is 5.87. The average Bonchev–Trinajstić information content (AvgIpc) is 3.35. The zero-order valence-electron chi connectivity index (χ0n) is 17.7. The van der Waals surface area contributed by atoms with Crippen LogP contribution in [-0.2, 0) is 0 Å². The first-order chi connectivity index (χ1) is 15.2. The van der Waals surface area contributed by atoms with Crippen LogP contribution in [0.15, 0.2) is 65.4 Å². The second kappa shape index (κ2) is 10.5. The Labute approximate surface area is 187 Å². The summed E-state index contributed by atoms with van der Waals surface area (Å²) in [4.78, 5) is 17.2. The van der Waals surface area contributed by atoms with Gasteiger partial charge in [-0.25, -0.2) is 0 Å². The molecule has 1 aliphatic rings. The first-order valence-corrected chi connectivity index (χ1v) is 11.8. The smallest absolute Gasteiger partial charge is 0.251 e. The minimum absolute atomic E-state index is 0.000573. The number of thiophene rings is 1. The van der Waals surface area contributed by atoms with Crippen molar-refractivity contribution < 1.29 is 9.90 Å². The van der Waals surface area contributed by atoms with Gasteiger partial charge in [0, 0.05) is 44.0 Å². The van der Waals surface area contributed by atoms with Gasteiger partial charge in [0.25, 0.3) is 5.91 Å². The lowest BCUT2D eigenvalue weighted by Crippen LogP contribution is -2.46. The van der Waals surface area contributed by atoms with E-state index in [0.29, 0.717) is 17.9 Å². The number of piperazine rings is 1. The molecule has 1 amide bonds. The number of anilines is 1. The maximum atomic E-state index is 12.4. The van der Waals surface area contributed by atoms with Crippen molar-refractivity contribution in [2.75, 3.05) is 44.2 Å². The molecule has 162 valence electrons. The predicted molar refractivity (Wildman–Crippen MR) is 128 cm³/mol. The largest absolute Gasteiger partial charge is 0.508 e. The molecule has 2 N–H and O–H groups in total. The standard InChI is InChI=1S/C25H29N3O2S/c29-24-9-7-23(8-10-24)28-16-14-27(15-17-28)13-2-1-12-26-25(30)21-5-3-20(4-6-21)22-11-18-31-19-22/h3-11,18-19,29H,1-2,12-17H2,(H,26,30). The van der Waals surface area contributed by atoms with Crippen molar-refractivity contribution in [3.05, 3.63) is 70.9 Å². The molecule has 0 spiro atoms. The molecular weight excluding hydrogens is 406 g/mol. The van der Waals surface area contributed by atoms with Gasteiger partial charge >= 0.3 is 0 Å². The van der Waals surface area contributed by atoms with E-state index in [1.54, 1.807) is 23.5 Å². The average molecular weight is 436 g/mol. The molecule has 6 heteroatoms. The lowest BCUT2D eigenvalue weighted by atomic mass is 10.1. The molecule has 3 aromatic rings. The lowest BCUT2D eigenvalue weighted by molar-refractivity contribution is 0.0952. The van der Waals surface area contributed by atoms with Crippen LogP contribution in [-0.4, -0.2) is 55.2 Å². The summed E-state index contributed by atoms with van der Waals surface area (Å²) in [5, 5.41) is 16.6. The number of carbonyl (C=O) groups is 1. The summed E-state index contributed by atoms with van der Waals surface area (Å²) in [6.45, 7) is 5.87. The number of hydrogen-bond acceptors (Lipinski definition) is 5. The van der Waals surface area contributed by atoms with Crippen molar-refractivity contribution in [2.45, 2.75) is 12.8 Å². The Morgan fingerprint density at radius 1 is 0.903 bits per heavy atom. The third-order valence-electron chi connectivity index (χ3n) is 5.78. The van der Waals surface area contributed by atoms with E-state index in [2.05, 4.69) is 31.9 Å². The third-order valence-corrected chi connectivity index (χ3v) is 6.46. The van der Waals surface area contributed by atoms with E-state index < -0.39 is 0 Å². The van der Waals surface area contributed by atoms with Crippen LogP contribution in [0.5, 0.6) is 5.75 Å². The zero-order valence-corrected chi connectivity index (χ0v) is 18.5. The van der Waals surface area contributed by atoms with E-state index in [1.807, 2.05) is 36.4 Å². The molecule has 4 rings (SSSR count). The Balaban J connectivity index is 1.12. The molecule has 1 aliphatic heterocycles. The number of phenols is 1. The van der Waals surface area contributed by atoms with Crippen molar-refractivity contribution in [3.63, 3.8) is 0 Å². The summed E-state index contributed by atoms with van der Waals surface area (Å²) < 4.78 is 0. The number of amides is 1. The Bertz CT molecular complexity index is 947. The molecule has 1 fully saturated rings. The first kappa shape index (κ1) is 21.4. The van der Waals surface area contributed by atoms with Crippen LogP contribution in [0.1, 0.15) is 23.2 Å². The van der Waals surface area contributed by atoms with Gasteiger partial charge in [-0.2, -0.15) is 11.3 Å². The van der Waals surface area contributed by atoms with E-state index in [0.717, 1.165) is 51.1 Å². The van der Waals surface area contributed by atoms with Crippen LogP contribution in [0.2, 0.25) is 0 Å². The van der Waals surface area contributed by atoms with Crippen LogP contribution >= 0.6 is 11.3 Å². The second-order valence-electron chi connectivity index (χ2n) is 7.90. The zero-order chi connectivity index (χ0) is 21.5. The molecule has 31 heavy (non-hydrogen) atoms. The van der Waals surface area contributed by atoms with Crippen LogP contribution < -0.4 is 10.2 Å². The van der Waals surface area contributed by atoms with E-state index in [4.69, 9.17) is 0 Å². The molecule has 0 saturated carbocycles. The van der Waals surface area contributed by atoms with Gasteiger partial charge in [0.15, 0.2) is 0 Å². The Kier molecular flexibility index (Phi) is 7.22. The Morgan fingerprint density at radius 2 is 1.65 bits per heavy atom. The predicted octanol–water partition coefficient (Wildman–Crippen LogP) is 4.45. The van der Waals surface area contributed by atoms with Crippen molar-refractivity contribution in [1.29, 1.82) is 0 Å². The molecule has 0 aliphatic carbocycles. The van der Waals surface area contributed by atoms with E-state index in [-0.39, 0.29) is 5.91 Å².